The molecule has 29 heavy (non-hydrogen) atoms. The maximum Gasteiger partial charge on any atom is 0.242 e. The molecule has 1 aromatic heterocycles. The molecule has 0 spiro atoms. The summed E-state index contributed by atoms with van der Waals surface area (Å²) >= 11 is 0. The largest absolute Gasteiger partial charge is 0.346 e. The Morgan fingerprint density at radius 3 is 2.41 bits per heavy atom. The number of carbonyl (C=O) groups excluding carboxylic acids is 2. The minimum absolute atomic E-state index is 0. The summed E-state index contributed by atoms with van der Waals surface area (Å²) in [7, 11) is 0. The fourth-order valence-electron chi connectivity index (χ4n) is 2.65. The molecule has 1 aromatic carbocycles. The minimum atomic E-state index is -0.626. The number of pyridine rings is 1. The zero-order chi connectivity index (χ0) is 19.8. The summed E-state index contributed by atoms with van der Waals surface area (Å²) in [5.74, 6) is -0.477. The number of amides is 2. The molecule has 1 heterocycles. The Hall–Kier alpha value is -2.15. The molecule has 0 radical (unpaired) electrons. The highest BCUT2D eigenvalue weighted by Gasteiger charge is 2.20. The zero-order valence-corrected chi connectivity index (χ0v) is 18.6. The van der Waals surface area contributed by atoms with Crippen molar-refractivity contribution >= 4 is 36.6 Å². The number of nitrogens with one attached hydrogen (secondary N) is 1. The van der Waals surface area contributed by atoms with E-state index in [1.54, 1.807) is 11.1 Å². The summed E-state index contributed by atoms with van der Waals surface area (Å²) < 4.78 is 0. The van der Waals surface area contributed by atoms with Crippen LogP contribution in [0.2, 0.25) is 0 Å². The molecule has 1 atom stereocenters. The maximum atomic E-state index is 12.8. The second-order valence-electron chi connectivity index (χ2n) is 7.05. The third kappa shape index (κ3) is 8.81. The SMILES string of the molecule is Cc1cccc(CN(Cc2ccccn2)C(=O)CNC(=O)[C@@H](N)C(C)C)c1.Cl.Cl. The highest BCUT2D eigenvalue weighted by atomic mass is 35.5. The molecule has 0 aliphatic carbocycles. The average Bonchev–Trinajstić information content (AvgIpc) is 2.65. The van der Waals surface area contributed by atoms with Crippen molar-refractivity contribution in [1.82, 2.24) is 15.2 Å². The van der Waals surface area contributed by atoms with Crippen LogP contribution in [0.1, 0.15) is 30.7 Å². The van der Waals surface area contributed by atoms with Crippen LogP contribution in [-0.4, -0.2) is 34.3 Å². The Balaban J connectivity index is 0.00000392. The van der Waals surface area contributed by atoms with E-state index in [-0.39, 0.29) is 49.1 Å². The molecule has 3 N–H and O–H groups in total. The van der Waals surface area contributed by atoms with E-state index in [0.717, 1.165) is 16.8 Å². The first kappa shape index (κ1) is 26.9. The van der Waals surface area contributed by atoms with Gasteiger partial charge in [0.1, 0.15) is 0 Å². The third-order valence-electron chi connectivity index (χ3n) is 4.32. The van der Waals surface area contributed by atoms with E-state index in [2.05, 4.69) is 10.3 Å². The molecule has 2 aromatic rings. The molecule has 0 bridgehead atoms. The molecule has 6 nitrogen and oxygen atoms in total. The smallest absolute Gasteiger partial charge is 0.242 e. The number of hydrogen-bond donors (Lipinski definition) is 2. The summed E-state index contributed by atoms with van der Waals surface area (Å²) in [6, 6.07) is 13.0. The fourth-order valence-corrected chi connectivity index (χ4v) is 2.65. The maximum absolute atomic E-state index is 12.8. The summed E-state index contributed by atoms with van der Waals surface area (Å²) in [6.07, 6.45) is 1.70. The lowest BCUT2D eigenvalue weighted by atomic mass is 10.1. The van der Waals surface area contributed by atoms with Crippen molar-refractivity contribution in [2.45, 2.75) is 39.9 Å². The zero-order valence-electron chi connectivity index (χ0n) is 17.0. The number of benzene rings is 1. The van der Waals surface area contributed by atoms with Crippen LogP contribution in [0.4, 0.5) is 0 Å². The van der Waals surface area contributed by atoms with Gasteiger partial charge in [-0.3, -0.25) is 14.6 Å². The van der Waals surface area contributed by atoms with Crippen molar-refractivity contribution in [2.75, 3.05) is 6.54 Å². The van der Waals surface area contributed by atoms with Gasteiger partial charge in [-0.15, -0.1) is 24.8 Å². The number of aromatic nitrogens is 1. The van der Waals surface area contributed by atoms with Crippen LogP contribution in [0.15, 0.2) is 48.7 Å². The Kier molecular flexibility index (Phi) is 12.2. The lowest BCUT2D eigenvalue weighted by molar-refractivity contribution is -0.134. The van der Waals surface area contributed by atoms with Gasteiger partial charge in [-0.05, 0) is 30.5 Å². The van der Waals surface area contributed by atoms with Crippen LogP contribution in [0.3, 0.4) is 0 Å². The van der Waals surface area contributed by atoms with Crippen molar-refractivity contribution in [1.29, 1.82) is 0 Å². The van der Waals surface area contributed by atoms with Crippen LogP contribution in [0.5, 0.6) is 0 Å². The van der Waals surface area contributed by atoms with E-state index >= 15 is 0 Å². The number of rotatable bonds is 8. The summed E-state index contributed by atoms with van der Waals surface area (Å²) in [5.41, 5.74) is 8.80. The van der Waals surface area contributed by atoms with Crippen LogP contribution in [-0.2, 0) is 22.7 Å². The van der Waals surface area contributed by atoms with Gasteiger partial charge in [-0.25, -0.2) is 0 Å². The first-order valence-electron chi connectivity index (χ1n) is 9.13. The van der Waals surface area contributed by atoms with Gasteiger partial charge < -0.3 is 16.0 Å². The van der Waals surface area contributed by atoms with Gasteiger partial charge in [0.25, 0.3) is 0 Å². The van der Waals surface area contributed by atoms with Crippen molar-refractivity contribution in [2.24, 2.45) is 11.7 Å². The van der Waals surface area contributed by atoms with Gasteiger partial charge in [0.05, 0.1) is 24.8 Å². The molecule has 0 saturated carbocycles. The summed E-state index contributed by atoms with van der Waals surface area (Å²) in [4.78, 5) is 30.8. The molecular weight excluding hydrogens is 411 g/mol. The number of halogens is 2. The van der Waals surface area contributed by atoms with Crippen molar-refractivity contribution in [3.63, 3.8) is 0 Å². The molecule has 2 rings (SSSR count). The standard InChI is InChI=1S/C21H28N4O2.2ClH/c1-15(2)20(22)21(27)24-12-19(26)25(14-18-9-4-5-10-23-18)13-17-8-6-7-16(3)11-17;;/h4-11,15,20H,12-14,22H2,1-3H3,(H,24,27);2*1H/t20-;;/m0../s1. The molecular formula is C21H30Cl2N4O2. The van der Waals surface area contributed by atoms with Crippen LogP contribution in [0.25, 0.3) is 0 Å². The Morgan fingerprint density at radius 1 is 1.10 bits per heavy atom. The summed E-state index contributed by atoms with van der Waals surface area (Å²) in [5, 5.41) is 2.65. The molecule has 0 unspecified atom stereocenters. The number of hydrogen-bond acceptors (Lipinski definition) is 4. The van der Waals surface area contributed by atoms with E-state index in [0.29, 0.717) is 13.1 Å². The van der Waals surface area contributed by atoms with Gasteiger partial charge in [0.2, 0.25) is 11.8 Å². The number of nitrogens with two attached hydrogens (primary N) is 1. The first-order valence-corrected chi connectivity index (χ1v) is 9.13. The minimum Gasteiger partial charge on any atom is -0.346 e. The lowest BCUT2D eigenvalue weighted by Crippen LogP contribution is -2.47. The molecule has 0 aliphatic rings. The van der Waals surface area contributed by atoms with Gasteiger partial charge in [0, 0.05) is 12.7 Å². The highest BCUT2D eigenvalue weighted by molar-refractivity contribution is 5.87. The quantitative estimate of drug-likeness (QED) is 0.660. The molecule has 8 heteroatoms. The topological polar surface area (TPSA) is 88.3 Å². The van der Waals surface area contributed by atoms with Crippen molar-refractivity contribution in [3.05, 3.63) is 65.5 Å². The predicted octanol–water partition coefficient (Wildman–Crippen LogP) is 2.86. The third-order valence-corrected chi connectivity index (χ3v) is 4.32. The van der Waals surface area contributed by atoms with Crippen molar-refractivity contribution < 1.29 is 9.59 Å². The first-order chi connectivity index (χ1) is 12.9. The summed E-state index contributed by atoms with van der Waals surface area (Å²) in [6.45, 7) is 6.50. The number of aryl methyl sites for hydroxylation is 1. The monoisotopic (exact) mass is 440 g/mol. The van der Waals surface area contributed by atoms with E-state index < -0.39 is 6.04 Å². The second-order valence-corrected chi connectivity index (χ2v) is 7.05. The second kappa shape index (κ2) is 13.1. The Labute approximate surface area is 185 Å². The molecule has 2 amide bonds. The lowest BCUT2D eigenvalue weighted by Gasteiger charge is -2.24. The van der Waals surface area contributed by atoms with Crippen molar-refractivity contribution in [3.8, 4) is 0 Å². The van der Waals surface area contributed by atoms with Crippen LogP contribution < -0.4 is 11.1 Å². The Morgan fingerprint density at radius 2 is 1.83 bits per heavy atom. The number of nitrogens with zero attached hydrogens (tertiary/aromatic N) is 2. The normalized spacial score (nSPS) is 11.1. The van der Waals surface area contributed by atoms with E-state index in [4.69, 9.17) is 5.73 Å². The number of carbonyl (C=O) groups is 2. The Bertz CT molecular complexity index is 772. The average molecular weight is 441 g/mol. The van der Waals surface area contributed by atoms with Gasteiger partial charge in [-0.1, -0.05) is 49.7 Å². The van der Waals surface area contributed by atoms with E-state index in [1.807, 2.05) is 63.2 Å². The molecule has 0 aliphatic heterocycles. The van der Waals surface area contributed by atoms with Gasteiger partial charge >= 0.3 is 0 Å². The van der Waals surface area contributed by atoms with E-state index in [9.17, 15) is 9.59 Å². The van der Waals surface area contributed by atoms with Crippen LogP contribution in [0, 0.1) is 12.8 Å². The van der Waals surface area contributed by atoms with E-state index in [1.165, 1.54) is 0 Å². The molecule has 0 saturated heterocycles. The fraction of sp³-hybridized carbons (Fsp3) is 0.381. The van der Waals surface area contributed by atoms with Crippen LogP contribution >= 0.6 is 24.8 Å². The highest BCUT2D eigenvalue weighted by Crippen LogP contribution is 2.11. The van der Waals surface area contributed by atoms with Gasteiger partial charge in [0.15, 0.2) is 0 Å². The molecule has 0 fully saturated rings. The molecule has 160 valence electrons. The van der Waals surface area contributed by atoms with Gasteiger partial charge in [-0.2, -0.15) is 0 Å². The predicted molar refractivity (Wildman–Crippen MR) is 120 cm³/mol.